The first-order valence-electron chi connectivity index (χ1n) is 6.06. The molecule has 1 aliphatic rings. The number of nitrogens with zero attached hydrogens (tertiary/aromatic N) is 1. The van der Waals surface area contributed by atoms with E-state index in [2.05, 4.69) is 18.8 Å². The molecule has 0 bridgehead atoms. The molecule has 0 amide bonds. The average Bonchev–Trinajstić information content (AvgIpc) is 2.63. The average molecular weight is 197 g/mol. The van der Waals surface area contributed by atoms with Gasteiger partial charge in [0, 0.05) is 6.42 Å². The monoisotopic (exact) mass is 197 g/mol. The van der Waals surface area contributed by atoms with Crippen LogP contribution in [-0.4, -0.2) is 18.5 Å². The van der Waals surface area contributed by atoms with Gasteiger partial charge in [0.15, 0.2) is 5.90 Å². The predicted octanol–water partition coefficient (Wildman–Crippen LogP) is 3.55. The Morgan fingerprint density at radius 3 is 2.71 bits per heavy atom. The molecule has 0 aromatic rings. The molecule has 1 atom stereocenters. The van der Waals surface area contributed by atoms with Crippen LogP contribution in [0.15, 0.2) is 4.99 Å². The summed E-state index contributed by atoms with van der Waals surface area (Å²) in [5.41, 5.74) is 0. The molecule has 0 aromatic heterocycles. The third-order valence-corrected chi connectivity index (χ3v) is 2.65. The predicted molar refractivity (Wildman–Crippen MR) is 60.8 cm³/mol. The second-order valence-electron chi connectivity index (χ2n) is 4.09. The van der Waals surface area contributed by atoms with Gasteiger partial charge in [-0.05, 0) is 12.8 Å². The van der Waals surface area contributed by atoms with E-state index in [1.165, 1.54) is 38.5 Å². The van der Waals surface area contributed by atoms with Gasteiger partial charge in [-0.3, -0.25) is 0 Å². The van der Waals surface area contributed by atoms with Crippen molar-refractivity contribution in [3.8, 4) is 0 Å². The van der Waals surface area contributed by atoms with Crippen molar-refractivity contribution in [1.29, 1.82) is 0 Å². The fourth-order valence-corrected chi connectivity index (χ4v) is 1.72. The second-order valence-corrected chi connectivity index (χ2v) is 4.09. The summed E-state index contributed by atoms with van der Waals surface area (Å²) in [6.07, 6.45) is 8.59. The Morgan fingerprint density at radius 2 is 2.00 bits per heavy atom. The Morgan fingerprint density at radius 1 is 1.21 bits per heavy atom. The van der Waals surface area contributed by atoms with E-state index in [1.54, 1.807) is 0 Å². The Labute approximate surface area is 87.8 Å². The van der Waals surface area contributed by atoms with Crippen LogP contribution < -0.4 is 0 Å². The molecular weight excluding hydrogens is 174 g/mol. The van der Waals surface area contributed by atoms with Gasteiger partial charge >= 0.3 is 0 Å². The van der Waals surface area contributed by atoms with Gasteiger partial charge in [-0.1, -0.05) is 39.5 Å². The zero-order chi connectivity index (χ0) is 10.2. The minimum atomic E-state index is 0.464. The van der Waals surface area contributed by atoms with Crippen molar-refractivity contribution in [1.82, 2.24) is 0 Å². The van der Waals surface area contributed by atoms with E-state index in [4.69, 9.17) is 4.74 Å². The summed E-state index contributed by atoms with van der Waals surface area (Å²) in [4.78, 5) is 4.59. The lowest BCUT2D eigenvalue weighted by molar-refractivity contribution is 0.302. The molecule has 1 rings (SSSR count). The van der Waals surface area contributed by atoms with Crippen molar-refractivity contribution in [2.45, 2.75) is 64.8 Å². The topological polar surface area (TPSA) is 21.6 Å². The number of aliphatic imine (C=N–C) groups is 1. The van der Waals surface area contributed by atoms with E-state index in [-0.39, 0.29) is 0 Å². The molecule has 0 radical (unpaired) electrons. The Hall–Kier alpha value is -0.530. The van der Waals surface area contributed by atoms with E-state index in [9.17, 15) is 0 Å². The molecule has 14 heavy (non-hydrogen) atoms. The Balaban J connectivity index is 2.14. The third-order valence-electron chi connectivity index (χ3n) is 2.65. The zero-order valence-electron chi connectivity index (χ0n) is 9.59. The normalized spacial score (nSPS) is 20.7. The summed E-state index contributed by atoms with van der Waals surface area (Å²) in [6, 6.07) is 0.464. The maximum Gasteiger partial charge on any atom is 0.183 e. The van der Waals surface area contributed by atoms with E-state index in [0.29, 0.717) is 6.04 Å². The van der Waals surface area contributed by atoms with Gasteiger partial charge in [-0.2, -0.15) is 0 Å². The van der Waals surface area contributed by atoms with Crippen LogP contribution in [0.3, 0.4) is 0 Å². The van der Waals surface area contributed by atoms with Crippen LogP contribution in [0.2, 0.25) is 0 Å². The van der Waals surface area contributed by atoms with Gasteiger partial charge in [0.2, 0.25) is 0 Å². The Kier molecular flexibility index (Phi) is 5.65. The highest BCUT2D eigenvalue weighted by Gasteiger charge is 2.17. The van der Waals surface area contributed by atoms with Gasteiger partial charge in [-0.25, -0.2) is 4.99 Å². The molecule has 0 aromatic carbocycles. The molecule has 0 unspecified atom stereocenters. The minimum Gasteiger partial charge on any atom is -0.479 e. The minimum absolute atomic E-state index is 0.464. The van der Waals surface area contributed by atoms with Crippen LogP contribution in [0.1, 0.15) is 58.8 Å². The lowest BCUT2D eigenvalue weighted by Gasteiger charge is -2.01. The molecule has 0 fully saturated rings. The van der Waals surface area contributed by atoms with Gasteiger partial charge in [0.1, 0.15) is 6.61 Å². The first-order chi connectivity index (χ1) is 6.86. The molecular formula is C12H23NO. The SMILES string of the molecule is CCCCCC1=N[C@@H](CCCC)CO1. The highest BCUT2D eigenvalue weighted by molar-refractivity contribution is 5.77. The molecule has 1 aliphatic heterocycles. The maximum absolute atomic E-state index is 5.56. The summed E-state index contributed by atoms with van der Waals surface area (Å²) < 4.78 is 5.56. The van der Waals surface area contributed by atoms with Gasteiger partial charge < -0.3 is 4.74 Å². The van der Waals surface area contributed by atoms with Gasteiger partial charge in [0.05, 0.1) is 6.04 Å². The lowest BCUT2D eigenvalue weighted by Crippen LogP contribution is -2.05. The fourth-order valence-electron chi connectivity index (χ4n) is 1.72. The smallest absolute Gasteiger partial charge is 0.183 e. The van der Waals surface area contributed by atoms with Crippen LogP contribution in [0.5, 0.6) is 0 Å². The summed E-state index contributed by atoms with van der Waals surface area (Å²) in [7, 11) is 0. The first-order valence-corrected chi connectivity index (χ1v) is 6.06. The van der Waals surface area contributed by atoms with Crippen molar-refractivity contribution >= 4 is 5.90 Å². The van der Waals surface area contributed by atoms with Gasteiger partial charge in [0.25, 0.3) is 0 Å². The number of unbranched alkanes of at least 4 members (excludes halogenated alkanes) is 3. The zero-order valence-corrected chi connectivity index (χ0v) is 9.59. The maximum atomic E-state index is 5.56. The summed E-state index contributed by atoms with van der Waals surface area (Å²) >= 11 is 0. The summed E-state index contributed by atoms with van der Waals surface area (Å²) in [6.45, 7) is 5.28. The highest BCUT2D eigenvalue weighted by Crippen LogP contribution is 2.14. The number of hydrogen-bond donors (Lipinski definition) is 0. The van der Waals surface area contributed by atoms with E-state index >= 15 is 0 Å². The number of ether oxygens (including phenoxy) is 1. The first kappa shape index (κ1) is 11.5. The number of hydrogen-bond acceptors (Lipinski definition) is 2. The molecule has 0 N–H and O–H groups in total. The van der Waals surface area contributed by atoms with Crippen molar-refractivity contribution < 1.29 is 4.74 Å². The fraction of sp³-hybridized carbons (Fsp3) is 0.917. The molecule has 82 valence electrons. The van der Waals surface area contributed by atoms with Crippen LogP contribution in [0.4, 0.5) is 0 Å². The summed E-state index contributed by atoms with van der Waals surface area (Å²) in [5, 5.41) is 0. The second kappa shape index (κ2) is 6.86. The molecule has 0 saturated heterocycles. The highest BCUT2D eigenvalue weighted by atomic mass is 16.5. The van der Waals surface area contributed by atoms with Crippen LogP contribution >= 0.6 is 0 Å². The molecule has 0 saturated carbocycles. The van der Waals surface area contributed by atoms with Gasteiger partial charge in [-0.15, -0.1) is 0 Å². The largest absolute Gasteiger partial charge is 0.479 e. The van der Waals surface area contributed by atoms with Crippen molar-refractivity contribution in [3.63, 3.8) is 0 Å². The van der Waals surface area contributed by atoms with Crippen LogP contribution in [0.25, 0.3) is 0 Å². The van der Waals surface area contributed by atoms with Crippen LogP contribution in [-0.2, 0) is 4.74 Å². The lowest BCUT2D eigenvalue weighted by atomic mass is 10.1. The summed E-state index contributed by atoms with van der Waals surface area (Å²) in [5.74, 6) is 1.01. The molecule has 1 heterocycles. The molecule has 2 nitrogen and oxygen atoms in total. The third kappa shape index (κ3) is 4.12. The van der Waals surface area contributed by atoms with E-state index in [0.717, 1.165) is 18.9 Å². The Bertz CT molecular complexity index is 177. The quantitative estimate of drug-likeness (QED) is 0.572. The van der Waals surface area contributed by atoms with Crippen molar-refractivity contribution in [2.75, 3.05) is 6.61 Å². The molecule has 0 aliphatic carbocycles. The van der Waals surface area contributed by atoms with Crippen molar-refractivity contribution in [3.05, 3.63) is 0 Å². The van der Waals surface area contributed by atoms with E-state index in [1.807, 2.05) is 0 Å². The number of rotatable bonds is 7. The molecule has 0 spiro atoms. The van der Waals surface area contributed by atoms with Crippen LogP contribution in [0, 0.1) is 0 Å². The van der Waals surface area contributed by atoms with Crippen molar-refractivity contribution in [2.24, 2.45) is 4.99 Å². The molecule has 2 heteroatoms. The van der Waals surface area contributed by atoms with E-state index < -0.39 is 0 Å². The standard InChI is InChI=1S/C12H23NO/c1-3-5-7-9-12-13-11(10-14-12)8-6-4-2/h11H,3-10H2,1-2H3/t11-/m0/s1.